The third-order valence-electron chi connectivity index (χ3n) is 2.95. The van der Waals surface area contributed by atoms with Gasteiger partial charge in [0.2, 0.25) is 0 Å². The Hall–Kier alpha value is -2.72. The van der Waals surface area contributed by atoms with Crippen molar-refractivity contribution in [3.63, 3.8) is 0 Å². The Bertz CT molecular complexity index is 826. The van der Waals surface area contributed by atoms with Crippen molar-refractivity contribution in [2.75, 3.05) is 0 Å². The van der Waals surface area contributed by atoms with Crippen LogP contribution in [0.25, 0.3) is 0 Å². The van der Waals surface area contributed by atoms with Crippen molar-refractivity contribution >= 4 is 56.1 Å². The van der Waals surface area contributed by atoms with Crippen LogP contribution in [-0.4, -0.2) is 34.5 Å². The van der Waals surface area contributed by atoms with Gasteiger partial charge in [-0.05, 0) is 36.4 Å². The summed E-state index contributed by atoms with van der Waals surface area (Å²) in [6, 6.07) is 8.81. The molecule has 0 atom stereocenters. The summed E-state index contributed by atoms with van der Waals surface area (Å²) in [6.07, 6.45) is 2.27. The maximum atomic E-state index is 11.9. The zero-order valence-electron chi connectivity index (χ0n) is 13.0. The number of hydrogen-bond acceptors (Lipinski definition) is 6. The topological polar surface area (TPSA) is 123 Å². The Kier molecular flexibility index (Phi) is 6.87. The molecule has 4 N–H and O–H groups in total. The van der Waals surface area contributed by atoms with Crippen molar-refractivity contribution in [3.8, 4) is 11.5 Å². The van der Waals surface area contributed by atoms with Gasteiger partial charge in [0.25, 0.3) is 11.8 Å². The quantitative estimate of drug-likeness (QED) is 0.385. The number of carbonyl (C=O) groups excluding carboxylic acids is 2. The molecule has 0 aliphatic heterocycles. The summed E-state index contributed by atoms with van der Waals surface area (Å²) in [7, 11) is 0. The molecule has 2 amide bonds. The van der Waals surface area contributed by atoms with E-state index in [-0.39, 0.29) is 22.6 Å². The number of rotatable bonds is 5. The van der Waals surface area contributed by atoms with Gasteiger partial charge in [-0.15, -0.1) is 0 Å². The Morgan fingerprint density at radius 2 is 1.19 bits per heavy atom. The number of nitrogens with zero attached hydrogens (tertiary/aromatic N) is 2. The third-order valence-corrected chi connectivity index (χ3v) is 3.94. The minimum atomic E-state index is -0.614. The summed E-state index contributed by atoms with van der Waals surface area (Å²) in [5.74, 6) is -1.60. The normalized spacial score (nSPS) is 11.0. The van der Waals surface area contributed by atoms with Crippen molar-refractivity contribution in [1.82, 2.24) is 10.9 Å². The molecule has 8 nitrogen and oxygen atoms in total. The first kappa shape index (κ1) is 19.6. The Morgan fingerprint density at radius 1 is 0.808 bits per heavy atom. The first-order valence-electron chi connectivity index (χ1n) is 7.01. The summed E-state index contributed by atoms with van der Waals surface area (Å²) in [6.45, 7) is 0. The van der Waals surface area contributed by atoms with Crippen molar-refractivity contribution in [2.45, 2.75) is 0 Å². The average Bonchev–Trinajstić information content (AvgIpc) is 2.61. The molecule has 2 aromatic rings. The van der Waals surface area contributed by atoms with E-state index in [2.05, 4.69) is 52.9 Å². The van der Waals surface area contributed by atoms with E-state index >= 15 is 0 Å². The number of carbonyl (C=O) groups is 2. The Balaban J connectivity index is 1.88. The minimum absolute atomic E-state index is 0.0481. The van der Waals surface area contributed by atoms with Crippen LogP contribution in [0.5, 0.6) is 11.5 Å². The lowest BCUT2D eigenvalue weighted by Gasteiger charge is -2.03. The number of nitrogens with one attached hydrogen (secondary N) is 2. The lowest BCUT2D eigenvalue weighted by molar-refractivity contribution is 0.0943. The fraction of sp³-hybridized carbons (Fsp3) is 0. The maximum absolute atomic E-state index is 11.9. The highest BCUT2D eigenvalue weighted by atomic mass is 79.9. The zero-order valence-corrected chi connectivity index (χ0v) is 16.2. The van der Waals surface area contributed by atoms with E-state index in [1.807, 2.05) is 0 Å². The molecule has 0 aliphatic rings. The van der Waals surface area contributed by atoms with Gasteiger partial charge in [0, 0.05) is 8.95 Å². The lowest BCUT2D eigenvalue weighted by Crippen LogP contribution is -2.19. The largest absolute Gasteiger partial charge is 0.507 e. The molecule has 0 saturated heterocycles. The van der Waals surface area contributed by atoms with Crippen molar-refractivity contribution in [2.24, 2.45) is 10.2 Å². The van der Waals surface area contributed by atoms with E-state index in [4.69, 9.17) is 0 Å². The van der Waals surface area contributed by atoms with Crippen LogP contribution in [0.1, 0.15) is 20.7 Å². The van der Waals surface area contributed by atoms with Gasteiger partial charge >= 0.3 is 0 Å². The minimum Gasteiger partial charge on any atom is -0.507 e. The van der Waals surface area contributed by atoms with E-state index in [1.165, 1.54) is 24.3 Å². The molecule has 0 unspecified atom stereocenters. The predicted molar refractivity (Wildman–Crippen MR) is 104 cm³/mol. The number of hydrogen-bond donors (Lipinski definition) is 4. The molecule has 0 radical (unpaired) electrons. The number of amides is 2. The van der Waals surface area contributed by atoms with E-state index in [0.29, 0.717) is 8.95 Å². The fourth-order valence-corrected chi connectivity index (χ4v) is 2.48. The second-order valence-corrected chi connectivity index (χ2v) is 6.59. The van der Waals surface area contributed by atoms with Gasteiger partial charge in [0.1, 0.15) is 11.5 Å². The molecule has 0 aromatic heterocycles. The number of aromatic hydroxyl groups is 2. The second-order valence-electron chi connectivity index (χ2n) is 4.76. The van der Waals surface area contributed by atoms with Crippen LogP contribution >= 0.6 is 31.9 Å². The highest BCUT2D eigenvalue weighted by Gasteiger charge is 2.11. The van der Waals surface area contributed by atoms with Gasteiger partial charge in [-0.1, -0.05) is 31.9 Å². The van der Waals surface area contributed by atoms with Crippen LogP contribution in [0.15, 0.2) is 55.5 Å². The van der Waals surface area contributed by atoms with E-state index < -0.39 is 11.8 Å². The summed E-state index contributed by atoms with van der Waals surface area (Å²) in [5.41, 5.74) is 4.50. The van der Waals surface area contributed by atoms with E-state index in [1.54, 1.807) is 12.1 Å². The number of phenols is 2. The third kappa shape index (κ3) is 5.39. The van der Waals surface area contributed by atoms with Crippen molar-refractivity contribution in [1.29, 1.82) is 0 Å². The first-order valence-corrected chi connectivity index (χ1v) is 8.59. The smallest absolute Gasteiger partial charge is 0.275 e. The molecular weight excluding hydrogens is 472 g/mol. The zero-order chi connectivity index (χ0) is 19.1. The molecule has 134 valence electrons. The molecule has 0 heterocycles. The number of halogens is 2. The van der Waals surface area contributed by atoms with E-state index in [0.717, 1.165) is 12.4 Å². The molecule has 2 rings (SSSR count). The van der Waals surface area contributed by atoms with Crippen LogP contribution in [0.4, 0.5) is 0 Å². The molecular formula is C16H12Br2N4O4. The van der Waals surface area contributed by atoms with Gasteiger partial charge in [-0.25, -0.2) is 10.9 Å². The number of phenolic OH excluding ortho intramolecular Hbond substituents is 2. The van der Waals surface area contributed by atoms with E-state index in [9.17, 15) is 19.8 Å². The van der Waals surface area contributed by atoms with Gasteiger partial charge in [0.15, 0.2) is 0 Å². The van der Waals surface area contributed by atoms with Gasteiger partial charge in [-0.2, -0.15) is 10.2 Å². The summed E-state index contributed by atoms with van der Waals surface area (Å²) in [5, 5.41) is 26.5. The molecule has 2 aromatic carbocycles. The van der Waals surface area contributed by atoms with Crippen LogP contribution in [0.2, 0.25) is 0 Å². The fourth-order valence-electron chi connectivity index (χ4n) is 1.76. The van der Waals surface area contributed by atoms with Crippen LogP contribution in [-0.2, 0) is 0 Å². The summed E-state index contributed by atoms with van der Waals surface area (Å²) >= 11 is 6.40. The lowest BCUT2D eigenvalue weighted by atomic mass is 10.2. The number of benzene rings is 2. The van der Waals surface area contributed by atoms with Crippen LogP contribution in [0, 0.1) is 0 Å². The van der Waals surface area contributed by atoms with Gasteiger partial charge < -0.3 is 10.2 Å². The molecule has 0 bridgehead atoms. The SMILES string of the molecule is O=C(N/N=C\C=N/NC(=O)c1cc(Br)ccc1O)c1cc(Br)ccc1O. The van der Waals surface area contributed by atoms with Crippen molar-refractivity contribution in [3.05, 3.63) is 56.5 Å². The Labute approximate surface area is 164 Å². The molecule has 0 aliphatic carbocycles. The van der Waals surface area contributed by atoms with Gasteiger partial charge in [-0.3, -0.25) is 9.59 Å². The highest BCUT2D eigenvalue weighted by Crippen LogP contribution is 2.22. The Morgan fingerprint density at radius 3 is 1.58 bits per heavy atom. The predicted octanol–water partition coefficient (Wildman–Crippen LogP) is 2.75. The van der Waals surface area contributed by atoms with Crippen molar-refractivity contribution < 1.29 is 19.8 Å². The molecule has 26 heavy (non-hydrogen) atoms. The molecule has 0 spiro atoms. The average molecular weight is 484 g/mol. The standard InChI is InChI=1S/C16H12Br2N4O4/c17-9-1-3-13(23)11(7-9)15(25)21-19-5-6-20-22-16(26)12-8-10(18)2-4-14(12)24/h1-8,23-24H,(H,21,25)(H,22,26)/b19-5-,20-6-. The van der Waals surface area contributed by atoms with Crippen LogP contribution < -0.4 is 10.9 Å². The molecule has 10 heteroatoms. The molecule has 0 saturated carbocycles. The molecule has 0 fully saturated rings. The summed E-state index contributed by atoms with van der Waals surface area (Å²) < 4.78 is 1.26. The maximum Gasteiger partial charge on any atom is 0.275 e. The highest BCUT2D eigenvalue weighted by molar-refractivity contribution is 9.10. The summed E-state index contributed by atoms with van der Waals surface area (Å²) in [4.78, 5) is 23.7. The second kappa shape index (κ2) is 9.11. The number of hydrazone groups is 2. The van der Waals surface area contributed by atoms with Gasteiger partial charge in [0.05, 0.1) is 23.6 Å². The van der Waals surface area contributed by atoms with Crippen LogP contribution in [0.3, 0.4) is 0 Å². The monoisotopic (exact) mass is 482 g/mol. The first-order chi connectivity index (χ1) is 12.4.